The van der Waals surface area contributed by atoms with Crippen LogP contribution in [0.25, 0.3) is 11.4 Å². The van der Waals surface area contributed by atoms with Gasteiger partial charge < -0.3 is 10.6 Å². The van der Waals surface area contributed by atoms with Crippen LogP contribution in [0.4, 0.5) is 5.69 Å². The average molecular weight is 399 g/mol. The Morgan fingerprint density at radius 2 is 2.07 bits per heavy atom. The van der Waals surface area contributed by atoms with Crippen molar-refractivity contribution < 1.29 is 4.79 Å². The Bertz CT molecular complexity index is 934. The van der Waals surface area contributed by atoms with E-state index in [-0.39, 0.29) is 18.3 Å². The summed E-state index contributed by atoms with van der Waals surface area (Å²) in [6, 6.07) is 15.3. The Kier molecular flexibility index (Phi) is 6.38. The van der Waals surface area contributed by atoms with E-state index in [2.05, 4.69) is 26.0 Å². The lowest BCUT2D eigenvalue weighted by Crippen LogP contribution is -2.13. The standard InChI is InChI=1S/C20H22N6O.ClH/c1-26-24-19(23-25-26)17-3-2-4-18(12-17)22-20(27)16-7-5-14(6-8-16)11-15-9-10-21-13-15;/h2-8,12,15,21H,9-11,13H2,1H3,(H,22,27);1H. The zero-order chi connectivity index (χ0) is 18.6. The lowest BCUT2D eigenvalue weighted by molar-refractivity contribution is 0.102. The quantitative estimate of drug-likeness (QED) is 0.690. The molecule has 1 aromatic heterocycles. The zero-order valence-electron chi connectivity index (χ0n) is 15.6. The van der Waals surface area contributed by atoms with Crippen LogP contribution in [0.3, 0.4) is 0 Å². The Morgan fingerprint density at radius 1 is 1.25 bits per heavy atom. The maximum absolute atomic E-state index is 12.6. The van der Waals surface area contributed by atoms with E-state index in [1.54, 1.807) is 7.05 Å². The second-order valence-electron chi connectivity index (χ2n) is 6.90. The van der Waals surface area contributed by atoms with E-state index < -0.39 is 0 Å². The summed E-state index contributed by atoms with van der Waals surface area (Å²) in [7, 11) is 1.72. The van der Waals surface area contributed by atoms with E-state index in [1.165, 1.54) is 16.8 Å². The number of hydrogen-bond acceptors (Lipinski definition) is 5. The Morgan fingerprint density at radius 3 is 2.75 bits per heavy atom. The van der Waals surface area contributed by atoms with Crippen LogP contribution in [-0.2, 0) is 13.5 Å². The first-order valence-corrected chi connectivity index (χ1v) is 9.13. The van der Waals surface area contributed by atoms with Crippen molar-refractivity contribution in [2.24, 2.45) is 13.0 Å². The predicted molar refractivity (Wildman–Crippen MR) is 111 cm³/mol. The number of carbonyl (C=O) groups excluding carboxylic acids is 1. The molecule has 8 heteroatoms. The maximum atomic E-state index is 12.6. The summed E-state index contributed by atoms with van der Waals surface area (Å²) in [5.74, 6) is 1.09. The number of benzene rings is 2. The minimum atomic E-state index is -0.131. The fourth-order valence-electron chi connectivity index (χ4n) is 3.35. The molecule has 0 aliphatic carbocycles. The van der Waals surface area contributed by atoms with E-state index >= 15 is 0 Å². The Labute approximate surface area is 169 Å². The molecule has 1 aliphatic heterocycles. The van der Waals surface area contributed by atoms with E-state index in [1.807, 2.05) is 48.5 Å². The third-order valence-electron chi connectivity index (χ3n) is 4.79. The second-order valence-corrected chi connectivity index (χ2v) is 6.90. The second kappa shape index (κ2) is 8.95. The fourth-order valence-corrected chi connectivity index (χ4v) is 3.35. The number of carbonyl (C=O) groups is 1. The summed E-state index contributed by atoms with van der Waals surface area (Å²) in [5.41, 5.74) is 3.43. The number of aryl methyl sites for hydroxylation is 1. The number of nitrogens with one attached hydrogen (secondary N) is 2. The lowest BCUT2D eigenvalue weighted by Gasteiger charge is -2.10. The highest BCUT2D eigenvalue weighted by Crippen LogP contribution is 2.20. The van der Waals surface area contributed by atoms with Crippen molar-refractivity contribution >= 4 is 24.0 Å². The first kappa shape index (κ1) is 20.0. The van der Waals surface area contributed by atoms with Gasteiger partial charge in [0.1, 0.15) is 0 Å². The van der Waals surface area contributed by atoms with Gasteiger partial charge in [-0.2, -0.15) is 4.80 Å². The van der Waals surface area contributed by atoms with Crippen molar-refractivity contribution in [1.82, 2.24) is 25.5 Å². The molecule has 3 aromatic rings. The molecule has 1 amide bonds. The number of aromatic nitrogens is 4. The van der Waals surface area contributed by atoms with E-state index in [4.69, 9.17) is 0 Å². The zero-order valence-corrected chi connectivity index (χ0v) is 16.4. The van der Waals surface area contributed by atoms with Gasteiger partial charge in [-0.25, -0.2) is 0 Å². The maximum Gasteiger partial charge on any atom is 0.255 e. The molecule has 2 heterocycles. The van der Waals surface area contributed by atoms with Gasteiger partial charge >= 0.3 is 0 Å². The number of nitrogens with zero attached hydrogens (tertiary/aromatic N) is 4. The van der Waals surface area contributed by atoms with Gasteiger partial charge in [-0.1, -0.05) is 24.3 Å². The monoisotopic (exact) mass is 398 g/mol. The van der Waals surface area contributed by atoms with Crippen LogP contribution in [0, 0.1) is 5.92 Å². The number of hydrogen-bond donors (Lipinski definition) is 2. The molecule has 28 heavy (non-hydrogen) atoms. The van der Waals surface area contributed by atoms with Crippen molar-refractivity contribution in [2.75, 3.05) is 18.4 Å². The molecule has 4 rings (SSSR count). The molecule has 1 fully saturated rings. The molecule has 1 atom stereocenters. The number of tetrazole rings is 1. The summed E-state index contributed by atoms with van der Waals surface area (Å²) in [6.07, 6.45) is 2.28. The van der Waals surface area contributed by atoms with Gasteiger partial charge in [-0.15, -0.1) is 22.6 Å². The highest BCUT2D eigenvalue weighted by molar-refractivity contribution is 6.04. The normalized spacial score (nSPS) is 15.8. The van der Waals surface area contributed by atoms with Crippen LogP contribution in [-0.4, -0.2) is 39.2 Å². The van der Waals surface area contributed by atoms with Gasteiger partial charge in [0.05, 0.1) is 7.05 Å². The summed E-state index contributed by atoms with van der Waals surface area (Å²) in [4.78, 5) is 14.0. The van der Waals surface area contributed by atoms with Gasteiger partial charge in [0.2, 0.25) is 5.82 Å². The first-order chi connectivity index (χ1) is 13.2. The van der Waals surface area contributed by atoms with Gasteiger partial charge in [0.15, 0.2) is 0 Å². The van der Waals surface area contributed by atoms with Crippen LogP contribution in [0.5, 0.6) is 0 Å². The fraction of sp³-hybridized carbons (Fsp3) is 0.300. The predicted octanol–water partition coefficient (Wildman–Crippen LogP) is 2.70. The Hall–Kier alpha value is -2.77. The smallest absolute Gasteiger partial charge is 0.255 e. The summed E-state index contributed by atoms with van der Waals surface area (Å²) < 4.78 is 0. The van der Waals surface area contributed by atoms with Crippen molar-refractivity contribution in [1.29, 1.82) is 0 Å². The van der Waals surface area contributed by atoms with Crippen molar-refractivity contribution in [2.45, 2.75) is 12.8 Å². The number of anilines is 1. The average Bonchev–Trinajstić information content (AvgIpc) is 3.34. The molecule has 146 valence electrons. The molecule has 0 bridgehead atoms. The highest BCUT2D eigenvalue weighted by atomic mass is 35.5. The van der Waals surface area contributed by atoms with Crippen LogP contribution in [0.15, 0.2) is 48.5 Å². The molecule has 7 nitrogen and oxygen atoms in total. The summed E-state index contributed by atoms with van der Waals surface area (Å²) >= 11 is 0. The van der Waals surface area contributed by atoms with Crippen molar-refractivity contribution in [3.63, 3.8) is 0 Å². The van der Waals surface area contributed by atoms with Crippen LogP contribution >= 0.6 is 12.4 Å². The molecule has 1 unspecified atom stereocenters. The Balaban J connectivity index is 0.00000225. The molecule has 1 aliphatic rings. The number of rotatable bonds is 5. The molecule has 0 saturated carbocycles. The molecule has 2 N–H and O–H groups in total. The SMILES string of the molecule is Cl.Cn1nnc(-c2cccc(NC(=O)c3ccc(CC4CCNC4)cc3)c2)n1. The third kappa shape index (κ3) is 4.74. The highest BCUT2D eigenvalue weighted by Gasteiger charge is 2.15. The number of amides is 1. The summed E-state index contributed by atoms with van der Waals surface area (Å²) in [6.45, 7) is 2.19. The molecular weight excluding hydrogens is 376 g/mol. The van der Waals surface area contributed by atoms with E-state index in [0.717, 1.165) is 25.1 Å². The van der Waals surface area contributed by atoms with Crippen LogP contribution in [0.2, 0.25) is 0 Å². The van der Waals surface area contributed by atoms with Crippen LogP contribution < -0.4 is 10.6 Å². The minimum Gasteiger partial charge on any atom is -0.322 e. The molecule has 2 aromatic carbocycles. The largest absolute Gasteiger partial charge is 0.322 e. The van der Waals surface area contributed by atoms with Crippen molar-refractivity contribution in [3.8, 4) is 11.4 Å². The van der Waals surface area contributed by atoms with Crippen LogP contribution in [0.1, 0.15) is 22.3 Å². The van der Waals surface area contributed by atoms with Gasteiger partial charge in [-0.3, -0.25) is 4.79 Å². The van der Waals surface area contributed by atoms with Gasteiger partial charge in [-0.05, 0) is 66.9 Å². The number of halogens is 1. The molecule has 0 radical (unpaired) electrons. The molecule has 1 saturated heterocycles. The molecular formula is C20H23ClN6O. The lowest BCUT2D eigenvalue weighted by atomic mass is 9.98. The minimum absolute atomic E-state index is 0. The summed E-state index contributed by atoms with van der Waals surface area (Å²) in [5, 5.41) is 18.4. The van der Waals surface area contributed by atoms with E-state index in [0.29, 0.717) is 23.0 Å². The van der Waals surface area contributed by atoms with Gasteiger partial charge in [0, 0.05) is 16.8 Å². The van der Waals surface area contributed by atoms with Crippen molar-refractivity contribution in [3.05, 3.63) is 59.7 Å². The van der Waals surface area contributed by atoms with E-state index in [9.17, 15) is 4.79 Å². The van der Waals surface area contributed by atoms with Gasteiger partial charge in [0.25, 0.3) is 5.91 Å². The topological polar surface area (TPSA) is 84.7 Å². The molecule has 0 spiro atoms. The third-order valence-corrected chi connectivity index (χ3v) is 4.79. The first-order valence-electron chi connectivity index (χ1n) is 9.13.